The Morgan fingerprint density at radius 1 is 0.783 bits per heavy atom. The fourth-order valence-electron chi connectivity index (χ4n) is 2.24. The molecule has 0 saturated heterocycles. The third-order valence-electron chi connectivity index (χ3n) is 3.40. The van der Waals surface area contributed by atoms with Crippen LogP contribution in [0.2, 0.25) is 0 Å². The number of carbonyl (C=O) groups excluding carboxylic acids is 1. The van der Waals surface area contributed by atoms with Crippen LogP contribution in [-0.4, -0.2) is 20.9 Å². The Balaban J connectivity index is 1.73. The maximum absolute atomic E-state index is 12.5. The van der Waals surface area contributed by atoms with E-state index >= 15 is 0 Å². The summed E-state index contributed by atoms with van der Waals surface area (Å²) in [7, 11) is 0. The number of para-hydroxylation sites is 1. The van der Waals surface area contributed by atoms with Gasteiger partial charge < -0.3 is 0 Å². The van der Waals surface area contributed by atoms with Crippen LogP contribution >= 0.6 is 0 Å². The molecule has 0 aliphatic rings. The van der Waals surface area contributed by atoms with Crippen molar-refractivity contribution in [3.8, 4) is 0 Å². The van der Waals surface area contributed by atoms with Gasteiger partial charge in [0.15, 0.2) is 0 Å². The molecular formula is C20H17NOSe. The summed E-state index contributed by atoms with van der Waals surface area (Å²) in [6, 6.07) is 27.9. The molecule has 0 aromatic heterocycles. The molecule has 0 aliphatic carbocycles. The van der Waals surface area contributed by atoms with E-state index in [1.165, 1.54) is 5.56 Å². The SMILES string of the molecule is O=C(Nc1ccccc1)c1ccccc1[Se]Cc1ccccc1. The first kappa shape index (κ1) is 15.5. The summed E-state index contributed by atoms with van der Waals surface area (Å²) in [5.74, 6) is -0.0401. The Hall–Kier alpha value is -2.35. The number of carbonyl (C=O) groups is 1. The van der Waals surface area contributed by atoms with Crippen molar-refractivity contribution in [1.82, 2.24) is 0 Å². The molecule has 0 heterocycles. The summed E-state index contributed by atoms with van der Waals surface area (Å²) < 4.78 is 1.14. The van der Waals surface area contributed by atoms with Crippen LogP contribution < -0.4 is 9.78 Å². The van der Waals surface area contributed by atoms with Crippen molar-refractivity contribution in [1.29, 1.82) is 0 Å². The van der Waals surface area contributed by atoms with Crippen LogP contribution in [0.5, 0.6) is 0 Å². The summed E-state index contributed by atoms with van der Waals surface area (Å²) in [4.78, 5) is 12.5. The van der Waals surface area contributed by atoms with Crippen LogP contribution in [0, 0.1) is 0 Å². The molecule has 114 valence electrons. The zero-order chi connectivity index (χ0) is 15.9. The van der Waals surface area contributed by atoms with Gasteiger partial charge in [0.1, 0.15) is 0 Å². The molecule has 3 rings (SSSR count). The van der Waals surface area contributed by atoms with E-state index in [0.717, 1.165) is 21.0 Å². The second-order valence-electron chi connectivity index (χ2n) is 5.09. The van der Waals surface area contributed by atoms with Gasteiger partial charge in [0.05, 0.1) is 0 Å². The molecule has 0 unspecified atom stereocenters. The van der Waals surface area contributed by atoms with Crippen molar-refractivity contribution >= 4 is 31.0 Å². The Labute approximate surface area is 142 Å². The molecule has 0 radical (unpaired) electrons. The van der Waals surface area contributed by atoms with Gasteiger partial charge in [-0.05, 0) is 0 Å². The van der Waals surface area contributed by atoms with Crippen LogP contribution in [0.1, 0.15) is 15.9 Å². The summed E-state index contributed by atoms with van der Waals surface area (Å²) in [5.41, 5.74) is 2.90. The van der Waals surface area contributed by atoms with Gasteiger partial charge in [0.2, 0.25) is 0 Å². The molecule has 23 heavy (non-hydrogen) atoms. The normalized spacial score (nSPS) is 10.3. The second kappa shape index (κ2) is 7.77. The number of anilines is 1. The summed E-state index contributed by atoms with van der Waals surface area (Å²) in [5, 5.41) is 3.96. The maximum atomic E-state index is 12.5. The Kier molecular flexibility index (Phi) is 5.25. The fraction of sp³-hybridized carbons (Fsp3) is 0.0500. The summed E-state index contributed by atoms with van der Waals surface area (Å²) in [6.45, 7) is 0. The van der Waals surface area contributed by atoms with E-state index in [1.54, 1.807) is 0 Å². The van der Waals surface area contributed by atoms with Gasteiger partial charge >= 0.3 is 142 Å². The number of hydrogen-bond acceptors (Lipinski definition) is 1. The molecule has 3 heteroatoms. The molecule has 0 spiro atoms. The van der Waals surface area contributed by atoms with E-state index in [2.05, 4.69) is 35.6 Å². The Morgan fingerprint density at radius 3 is 2.13 bits per heavy atom. The number of nitrogens with one attached hydrogen (secondary N) is 1. The zero-order valence-corrected chi connectivity index (χ0v) is 14.3. The van der Waals surface area contributed by atoms with Crippen molar-refractivity contribution in [2.75, 3.05) is 5.32 Å². The first-order valence-corrected chi connectivity index (χ1v) is 9.52. The van der Waals surface area contributed by atoms with Crippen LogP contribution in [0.4, 0.5) is 5.69 Å². The first-order valence-electron chi connectivity index (χ1n) is 7.45. The fourth-order valence-corrected chi connectivity index (χ4v) is 4.35. The van der Waals surface area contributed by atoms with E-state index in [0.29, 0.717) is 0 Å². The summed E-state index contributed by atoms with van der Waals surface area (Å²) in [6.07, 6.45) is 0. The molecule has 3 aromatic rings. The van der Waals surface area contributed by atoms with E-state index in [1.807, 2.05) is 54.6 Å². The Morgan fingerprint density at radius 2 is 1.39 bits per heavy atom. The predicted molar refractivity (Wildman–Crippen MR) is 96.4 cm³/mol. The Bertz CT molecular complexity index is 772. The molecule has 0 fully saturated rings. The molecule has 0 bridgehead atoms. The standard InChI is InChI=1S/C20H17NOSe/c22-20(21-17-11-5-2-6-12-17)18-13-7-8-14-19(18)23-15-16-9-3-1-4-10-16/h1-14H,15H2,(H,21,22). The van der Waals surface area contributed by atoms with Crippen LogP contribution in [-0.2, 0) is 5.32 Å². The van der Waals surface area contributed by atoms with Gasteiger partial charge in [0.25, 0.3) is 0 Å². The number of rotatable bonds is 5. The predicted octanol–water partition coefficient (Wildman–Crippen LogP) is 3.47. The number of amides is 1. The second-order valence-corrected chi connectivity index (χ2v) is 7.22. The number of hydrogen-bond donors (Lipinski definition) is 1. The number of benzene rings is 3. The topological polar surface area (TPSA) is 29.1 Å². The van der Waals surface area contributed by atoms with E-state index in [-0.39, 0.29) is 20.9 Å². The third-order valence-corrected chi connectivity index (χ3v) is 5.80. The zero-order valence-electron chi connectivity index (χ0n) is 12.6. The molecule has 3 aromatic carbocycles. The minimum atomic E-state index is -0.0401. The van der Waals surface area contributed by atoms with Crippen molar-refractivity contribution in [2.45, 2.75) is 5.32 Å². The molecular weight excluding hydrogens is 349 g/mol. The van der Waals surface area contributed by atoms with E-state index in [9.17, 15) is 4.79 Å². The monoisotopic (exact) mass is 367 g/mol. The van der Waals surface area contributed by atoms with Gasteiger partial charge in [0, 0.05) is 0 Å². The van der Waals surface area contributed by atoms with Crippen LogP contribution in [0.3, 0.4) is 0 Å². The van der Waals surface area contributed by atoms with Gasteiger partial charge in [-0.25, -0.2) is 0 Å². The van der Waals surface area contributed by atoms with Crippen molar-refractivity contribution < 1.29 is 4.79 Å². The van der Waals surface area contributed by atoms with Crippen molar-refractivity contribution in [2.24, 2.45) is 0 Å². The molecule has 0 saturated carbocycles. The average molecular weight is 366 g/mol. The van der Waals surface area contributed by atoms with Crippen molar-refractivity contribution in [3.63, 3.8) is 0 Å². The molecule has 2 nitrogen and oxygen atoms in total. The van der Waals surface area contributed by atoms with Crippen LogP contribution in [0.25, 0.3) is 0 Å². The van der Waals surface area contributed by atoms with Crippen molar-refractivity contribution in [3.05, 3.63) is 96.1 Å². The molecule has 1 N–H and O–H groups in total. The molecule has 0 aliphatic heterocycles. The summed E-state index contributed by atoms with van der Waals surface area (Å²) >= 11 is 0.228. The van der Waals surface area contributed by atoms with Gasteiger partial charge in [-0.15, -0.1) is 0 Å². The first-order chi connectivity index (χ1) is 11.3. The average Bonchev–Trinajstić information content (AvgIpc) is 2.62. The van der Waals surface area contributed by atoms with E-state index < -0.39 is 0 Å². The van der Waals surface area contributed by atoms with Gasteiger partial charge in [-0.2, -0.15) is 0 Å². The van der Waals surface area contributed by atoms with Crippen LogP contribution in [0.15, 0.2) is 84.9 Å². The minimum absolute atomic E-state index is 0.0401. The molecule has 0 atom stereocenters. The van der Waals surface area contributed by atoms with Gasteiger partial charge in [-0.3, -0.25) is 0 Å². The van der Waals surface area contributed by atoms with E-state index in [4.69, 9.17) is 0 Å². The molecule has 1 amide bonds. The van der Waals surface area contributed by atoms with Gasteiger partial charge in [-0.1, -0.05) is 0 Å². The quantitative estimate of drug-likeness (QED) is 0.689. The third kappa shape index (κ3) is 4.32.